The fraction of sp³-hybridized carbons (Fsp3) is 0.464. The first-order valence-electron chi connectivity index (χ1n) is 12.9. The first-order valence-corrected chi connectivity index (χ1v) is 12.9. The number of aromatic nitrogens is 1. The van der Waals surface area contributed by atoms with Gasteiger partial charge in [-0.2, -0.15) is 0 Å². The highest BCUT2D eigenvalue weighted by Gasteiger charge is 2.50. The number of halogens is 4. The fourth-order valence-electron chi connectivity index (χ4n) is 4.88. The number of aliphatic hydroxyl groups is 1. The number of para-hydroxylation sites is 1. The Morgan fingerprint density at radius 1 is 1.03 bits per heavy atom. The molecule has 1 aliphatic rings. The van der Waals surface area contributed by atoms with E-state index in [1.165, 1.54) is 12.1 Å². The Hall–Kier alpha value is -3.15. The number of rotatable bonds is 15. The van der Waals surface area contributed by atoms with Crippen LogP contribution in [0.1, 0.15) is 24.0 Å². The average molecular weight is 552 g/mol. The summed E-state index contributed by atoms with van der Waals surface area (Å²) in [6.45, 7) is -0.872. The van der Waals surface area contributed by atoms with Gasteiger partial charge in [0, 0.05) is 29.8 Å². The van der Waals surface area contributed by atoms with E-state index in [2.05, 4.69) is 5.32 Å². The van der Waals surface area contributed by atoms with Crippen LogP contribution in [0.25, 0.3) is 10.9 Å². The lowest BCUT2D eigenvalue weighted by atomic mass is 10.1. The summed E-state index contributed by atoms with van der Waals surface area (Å²) in [6, 6.07) is 9.45. The quantitative estimate of drug-likeness (QED) is 0.146. The number of anilines is 3. The van der Waals surface area contributed by atoms with Crippen LogP contribution in [-0.2, 0) is 15.9 Å². The number of hydrogen-bond donors (Lipinski definition) is 2. The van der Waals surface area contributed by atoms with Gasteiger partial charge in [0.15, 0.2) is 0 Å². The van der Waals surface area contributed by atoms with Gasteiger partial charge >= 0.3 is 0 Å². The second-order valence-corrected chi connectivity index (χ2v) is 9.07. The Morgan fingerprint density at radius 3 is 2.44 bits per heavy atom. The molecule has 0 saturated heterocycles. The van der Waals surface area contributed by atoms with Gasteiger partial charge in [-0.1, -0.05) is 12.1 Å². The van der Waals surface area contributed by atoms with Gasteiger partial charge in [0.2, 0.25) is 0 Å². The van der Waals surface area contributed by atoms with Crippen LogP contribution in [0.5, 0.6) is 5.75 Å². The molecule has 4 rings (SSSR count). The summed E-state index contributed by atoms with van der Waals surface area (Å²) < 4.78 is 71.8. The third-order valence-electron chi connectivity index (χ3n) is 6.44. The number of benzene rings is 2. The minimum Gasteiger partial charge on any atom is -0.489 e. The second kappa shape index (κ2) is 13.3. The summed E-state index contributed by atoms with van der Waals surface area (Å²) in [6.07, 6.45) is 1.30. The molecule has 2 N–H and O–H groups in total. The largest absolute Gasteiger partial charge is 0.489 e. The van der Waals surface area contributed by atoms with Gasteiger partial charge in [0.05, 0.1) is 25.3 Å². The number of hydrogen-bond acceptors (Lipinski definition) is 7. The number of nitrogens with zero attached hydrogens (tertiary/aromatic N) is 2. The Morgan fingerprint density at radius 2 is 1.77 bits per heavy atom. The summed E-state index contributed by atoms with van der Waals surface area (Å²) in [4.78, 5) is 6.52. The molecule has 0 atom stereocenters. The number of unbranched alkanes of at least 4 members (excludes halogenated alkanes) is 1. The van der Waals surface area contributed by atoms with Crippen LogP contribution < -0.4 is 15.0 Å². The van der Waals surface area contributed by atoms with Gasteiger partial charge in [-0.25, -0.2) is 22.5 Å². The zero-order valence-corrected chi connectivity index (χ0v) is 21.8. The predicted octanol–water partition coefficient (Wildman–Crippen LogP) is 5.54. The third-order valence-corrected chi connectivity index (χ3v) is 6.44. The summed E-state index contributed by atoms with van der Waals surface area (Å²) >= 11 is 0. The third kappa shape index (κ3) is 6.05. The minimum absolute atomic E-state index is 0.0427. The van der Waals surface area contributed by atoms with Crippen molar-refractivity contribution in [2.24, 2.45) is 0 Å². The molecule has 0 fully saturated rings. The molecule has 0 bridgehead atoms. The molecule has 2 heterocycles. The predicted molar refractivity (Wildman–Crippen MR) is 142 cm³/mol. The van der Waals surface area contributed by atoms with Crippen molar-refractivity contribution in [3.8, 4) is 5.75 Å². The van der Waals surface area contributed by atoms with Gasteiger partial charge in [-0.3, -0.25) is 4.90 Å². The zero-order chi connectivity index (χ0) is 27.8. The number of alkyl halides is 3. The first kappa shape index (κ1) is 28.8. The Labute approximate surface area is 224 Å². The van der Waals surface area contributed by atoms with E-state index >= 15 is 0 Å². The van der Waals surface area contributed by atoms with Crippen LogP contribution in [0, 0.1) is 12.7 Å². The molecule has 0 radical (unpaired) electrons. The van der Waals surface area contributed by atoms with Gasteiger partial charge in [-0.05, 0) is 49.6 Å². The molecule has 7 nitrogen and oxygen atoms in total. The van der Waals surface area contributed by atoms with Crippen molar-refractivity contribution in [3.63, 3.8) is 0 Å². The van der Waals surface area contributed by atoms with Crippen LogP contribution in [0.3, 0.4) is 0 Å². The van der Waals surface area contributed by atoms with E-state index in [1.54, 1.807) is 30.0 Å². The summed E-state index contributed by atoms with van der Waals surface area (Å²) in [7, 11) is 0. The molecule has 0 spiro atoms. The molecule has 0 aliphatic carbocycles. The van der Waals surface area contributed by atoms with E-state index in [1.807, 2.05) is 6.07 Å². The average Bonchev–Trinajstić information content (AvgIpc) is 3.27. The first-order chi connectivity index (χ1) is 19.0. The van der Waals surface area contributed by atoms with Crippen molar-refractivity contribution in [1.82, 2.24) is 4.98 Å². The Kier molecular flexibility index (Phi) is 9.82. The molecule has 11 heteroatoms. The van der Waals surface area contributed by atoms with Crippen LogP contribution in [0.2, 0.25) is 0 Å². The smallest absolute Gasteiger partial charge is 0.260 e. The molecule has 0 unspecified atom stereocenters. The van der Waals surface area contributed by atoms with Crippen molar-refractivity contribution in [2.75, 3.05) is 63.2 Å². The maximum atomic E-state index is 14.2. The number of fused-ring (bicyclic) bond motifs is 3. The van der Waals surface area contributed by atoms with E-state index in [4.69, 9.17) is 19.2 Å². The number of ether oxygens (including phenoxy) is 3. The van der Waals surface area contributed by atoms with Gasteiger partial charge < -0.3 is 24.6 Å². The van der Waals surface area contributed by atoms with Crippen molar-refractivity contribution in [3.05, 3.63) is 53.3 Å². The van der Waals surface area contributed by atoms with Crippen LogP contribution in [0.4, 0.5) is 34.8 Å². The summed E-state index contributed by atoms with van der Waals surface area (Å²) in [5.74, 6) is -1.28. The lowest BCUT2D eigenvalue weighted by molar-refractivity contribution is -0.229. The Balaban J connectivity index is 1.99. The number of pyridine rings is 1. The number of nitrogens with one attached hydrogen (secondary N) is 1. The molecule has 0 saturated carbocycles. The maximum absolute atomic E-state index is 14.2. The monoisotopic (exact) mass is 551 g/mol. The molecule has 0 amide bonds. The maximum Gasteiger partial charge on any atom is 0.260 e. The fourth-order valence-corrected chi connectivity index (χ4v) is 4.88. The topological polar surface area (TPSA) is 76.1 Å². The molecule has 1 aliphatic heterocycles. The lowest BCUT2D eigenvalue weighted by Crippen LogP contribution is -2.50. The second-order valence-electron chi connectivity index (χ2n) is 9.07. The van der Waals surface area contributed by atoms with E-state index in [0.29, 0.717) is 64.4 Å². The van der Waals surface area contributed by atoms with E-state index in [-0.39, 0.29) is 32.8 Å². The highest BCUT2D eigenvalue weighted by molar-refractivity contribution is 6.02. The van der Waals surface area contributed by atoms with Gasteiger partial charge in [-0.15, -0.1) is 0 Å². The van der Waals surface area contributed by atoms with Gasteiger partial charge in [0.25, 0.3) is 5.91 Å². The minimum atomic E-state index is -1.66. The molecular weight excluding hydrogens is 518 g/mol. The molecule has 212 valence electrons. The van der Waals surface area contributed by atoms with E-state index in [0.717, 1.165) is 0 Å². The SMILES string of the molecule is Cc1cc(F)ccc1N1c2c(c(NCCCCO)nc3c(OCCF)cccc23)CC1(OCCF)OCCF. The normalized spacial score (nSPS) is 14.2. The summed E-state index contributed by atoms with van der Waals surface area (Å²) in [5.41, 5.74) is 2.75. The number of aryl methyl sites for hydroxylation is 1. The van der Waals surface area contributed by atoms with Crippen LogP contribution in [-0.4, -0.2) is 69.0 Å². The van der Waals surface area contributed by atoms with Crippen molar-refractivity contribution < 1.29 is 36.9 Å². The molecule has 1 aromatic heterocycles. The lowest BCUT2D eigenvalue weighted by Gasteiger charge is -2.40. The van der Waals surface area contributed by atoms with Crippen molar-refractivity contribution in [1.29, 1.82) is 0 Å². The van der Waals surface area contributed by atoms with E-state index < -0.39 is 31.8 Å². The highest BCUT2D eigenvalue weighted by Crippen LogP contribution is 2.52. The zero-order valence-electron chi connectivity index (χ0n) is 21.8. The van der Waals surface area contributed by atoms with Crippen LogP contribution >= 0.6 is 0 Å². The van der Waals surface area contributed by atoms with Gasteiger partial charge in [0.1, 0.15) is 49.5 Å². The Bertz CT molecular complexity index is 1260. The summed E-state index contributed by atoms with van der Waals surface area (Å²) in [5, 5.41) is 13.1. The van der Waals surface area contributed by atoms with Crippen molar-refractivity contribution in [2.45, 2.75) is 32.1 Å². The van der Waals surface area contributed by atoms with Crippen LogP contribution in [0.15, 0.2) is 36.4 Å². The molecule has 39 heavy (non-hydrogen) atoms. The highest BCUT2D eigenvalue weighted by atomic mass is 19.1. The van der Waals surface area contributed by atoms with E-state index in [9.17, 15) is 22.7 Å². The standard InChI is InChI=1S/C28H33F4N3O4/c1-19-17-20(32)7-8-23(19)35-26-21-5-4-6-24(37-14-9-29)25(21)34-27(33-12-2-3-13-36)22(26)18-28(35,38-15-10-30)39-16-11-31/h4-8,17,36H,2-3,9-16,18H2,1H3,(H,33,34). The molecular formula is C28H33F4N3O4. The molecule has 2 aromatic carbocycles. The number of aliphatic hydroxyl groups excluding tert-OH is 1. The van der Waals surface area contributed by atoms with Crippen molar-refractivity contribution >= 4 is 28.1 Å². The molecule has 3 aromatic rings.